The van der Waals surface area contributed by atoms with Crippen molar-refractivity contribution >= 4 is 0 Å². The van der Waals surface area contributed by atoms with Gasteiger partial charge in [0.15, 0.2) is 0 Å². The monoisotopic (exact) mass is 238 g/mol. The van der Waals surface area contributed by atoms with E-state index in [1.807, 2.05) is 0 Å². The quantitative estimate of drug-likeness (QED) is 0.710. The molecule has 1 saturated heterocycles. The van der Waals surface area contributed by atoms with Crippen LogP contribution in [0.25, 0.3) is 0 Å². The number of piperidine rings is 1. The van der Waals surface area contributed by atoms with E-state index >= 15 is 0 Å². The minimum atomic E-state index is 0.0346. The highest BCUT2D eigenvalue weighted by Crippen LogP contribution is 2.27. The summed E-state index contributed by atoms with van der Waals surface area (Å²) in [7, 11) is 2.14. The van der Waals surface area contributed by atoms with Crippen LogP contribution in [0.2, 0.25) is 0 Å². The van der Waals surface area contributed by atoms with E-state index in [4.69, 9.17) is 5.73 Å². The first-order valence-corrected chi connectivity index (χ1v) is 6.40. The van der Waals surface area contributed by atoms with Crippen molar-refractivity contribution in [3.63, 3.8) is 0 Å². The molecule has 2 rings (SSSR count). The van der Waals surface area contributed by atoms with E-state index in [-0.39, 0.29) is 5.56 Å². The lowest BCUT2D eigenvalue weighted by molar-refractivity contribution is 0.253. The molecular weight excluding hydrogens is 216 g/mol. The maximum absolute atomic E-state index is 11.7. The van der Waals surface area contributed by atoms with Gasteiger partial charge in [0.05, 0.1) is 0 Å². The number of aromatic amines is 2. The number of aromatic nitrogens is 2. The first kappa shape index (κ1) is 12.4. The molecule has 1 aromatic rings. The molecule has 0 aromatic carbocycles. The van der Waals surface area contributed by atoms with E-state index in [1.54, 1.807) is 0 Å². The van der Waals surface area contributed by atoms with Crippen molar-refractivity contribution in [1.29, 1.82) is 0 Å². The molecule has 5 heteroatoms. The summed E-state index contributed by atoms with van der Waals surface area (Å²) >= 11 is 0. The van der Waals surface area contributed by atoms with Gasteiger partial charge in [-0.1, -0.05) is 0 Å². The molecule has 0 amide bonds. The molecule has 1 aliphatic rings. The highest BCUT2D eigenvalue weighted by molar-refractivity contribution is 5.21. The Hall–Kier alpha value is -1.07. The highest BCUT2D eigenvalue weighted by atomic mass is 16.1. The predicted molar refractivity (Wildman–Crippen MR) is 68.3 cm³/mol. The van der Waals surface area contributed by atoms with Crippen LogP contribution in [-0.2, 0) is 6.42 Å². The van der Waals surface area contributed by atoms with Crippen molar-refractivity contribution in [2.75, 3.05) is 26.7 Å². The average Bonchev–Trinajstić information content (AvgIpc) is 2.69. The molecule has 0 spiro atoms. The number of likely N-dealkylation sites (tertiary alicyclic amines) is 1. The summed E-state index contributed by atoms with van der Waals surface area (Å²) in [6.07, 6.45) is 3.91. The Kier molecular flexibility index (Phi) is 4.02. The molecule has 4 N–H and O–H groups in total. The van der Waals surface area contributed by atoms with Gasteiger partial charge in [-0.15, -0.1) is 0 Å². The van der Waals surface area contributed by atoms with E-state index in [1.165, 1.54) is 0 Å². The lowest BCUT2D eigenvalue weighted by Gasteiger charge is -2.28. The van der Waals surface area contributed by atoms with Crippen molar-refractivity contribution in [1.82, 2.24) is 15.1 Å². The van der Waals surface area contributed by atoms with Gasteiger partial charge in [0.25, 0.3) is 5.56 Å². The van der Waals surface area contributed by atoms with Gasteiger partial charge in [-0.05, 0) is 52.4 Å². The molecule has 1 aromatic heterocycles. The van der Waals surface area contributed by atoms with E-state index in [0.717, 1.165) is 50.0 Å². The van der Waals surface area contributed by atoms with Crippen LogP contribution in [0.4, 0.5) is 0 Å². The zero-order valence-corrected chi connectivity index (χ0v) is 10.5. The zero-order chi connectivity index (χ0) is 12.3. The third kappa shape index (κ3) is 2.79. The molecule has 0 bridgehead atoms. The van der Waals surface area contributed by atoms with Crippen LogP contribution < -0.4 is 11.3 Å². The van der Waals surface area contributed by atoms with E-state index < -0.39 is 0 Å². The summed E-state index contributed by atoms with van der Waals surface area (Å²) in [5.74, 6) is 0.498. The van der Waals surface area contributed by atoms with E-state index in [2.05, 4.69) is 22.1 Å². The number of nitrogens with zero attached hydrogens (tertiary/aromatic N) is 1. The van der Waals surface area contributed by atoms with Gasteiger partial charge in [0.2, 0.25) is 0 Å². The topological polar surface area (TPSA) is 77.9 Å². The van der Waals surface area contributed by atoms with Crippen molar-refractivity contribution in [3.05, 3.63) is 21.6 Å². The number of hydrogen-bond donors (Lipinski definition) is 3. The lowest BCUT2D eigenvalue weighted by Crippen LogP contribution is -2.29. The predicted octanol–water partition coefficient (Wildman–Crippen LogP) is 0.404. The number of hydrogen-bond acceptors (Lipinski definition) is 3. The summed E-state index contributed by atoms with van der Waals surface area (Å²) in [6, 6.07) is 0. The van der Waals surface area contributed by atoms with Crippen LogP contribution in [-0.4, -0.2) is 41.8 Å². The largest absolute Gasteiger partial charge is 0.330 e. The Labute approximate surface area is 101 Å². The van der Waals surface area contributed by atoms with Gasteiger partial charge in [-0.3, -0.25) is 9.89 Å². The van der Waals surface area contributed by atoms with Crippen LogP contribution in [0.3, 0.4) is 0 Å². The Morgan fingerprint density at radius 1 is 1.35 bits per heavy atom. The molecule has 0 atom stereocenters. The summed E-state index contributed by atoms with van der Waals surface area (Å²) < 4.78 is 0. The molecule has 96 valence electrons. The number of nitrogens with one attached hydrogen (secondary N) is 2. The minimum Gasteiger partial charge on any atom is -0.330 e. The van der Waals surface area contributed by atoms with Crippen LogP contribution in [0.5, 0.6) is 0 Å². The van der Waals surface area contributed by atoms with Gasteiger partial charge >= 0.3 is 0 Å². The second-order valence-corrected chi connectivity index (χ2v) is 4.94. The van der Waals surface area contributed by atoms with E-state index in [9.17, 15) is 4.79 Å². The Bertz CT molecular complexity index is 401. The van der Waals surface area contributed by atoms with E-state index in [0.29, 0.717) is 12.5 Å². The number of nitrogens with two attached hydrogens (primary N) is 1. The Balaban J connectivity index is 2.12. The molecule has 1 fully saturated rings. The summed E-state index contributed by atoms with van der Waals surface area (Å²) in [5, 5.41) is 5.79. The third-order valence-corrected chi connectivity index (χ3v) is 3.67. The molecule has 1 aliphatic heterocycles. The molecule has 5 nitrogen and oxygen atoms in total. The summed E-state index contributed by atoms with van der Waals surface area (Å²) in [4.78, 5) is 14.0. The van der Waals surface area contributed by atoms with Crippen molar-refractivity contribution in [2.24, 2.45) is 5.73 Å². The third-order valence-electron chi connectivity index (χ3n) is 3.67. The number of H-pyrrole nitrogens is 2. The highest BCUT2D eigenvalue weighted by Gasteiger charge is 2.23. The molecule has 17 heavy (non-hydrogen) atoms. The first-order chi connectivity index (χ1) is 8.22. The first-order valence-electron chi connectivity index (χ1n) is 6.40. The SMILES string of the molecule is CN1CCC(c2[nH][nH]c(=O)c2CCCN)CC1. The summed E-state index contributed by atoms with van der Waals surface area (Å²) in [5.41, 5.74) is 7.59. The van der Waals surface area contributed by atoms with Gasteiger partial charge < -0.3 is 15.7 Å². The summed E-state index contributed by atoms with van der Waals surface area (Å²) in [6.45, 7) is 2.85. The molecule has 0 saturated carbocycles. The molecule has 0 aliphatic carbocycles. The van der Waals surface area contributed by atoms with Gasteiger partial charge in [0.1, 0.15) is 0 Å². The molecule has 0 radical (unpaired) electrons. The van der Waals surface area contributed by atoms with Crippen LogP contribution in [0.1, 0.15) is 36.4 Å². The Morgan fingerprint density at radius 2 is 2.06 bits per heavy atom. The van der Waals surface area contributed by atoms with Gasteiger partial charge in [-0.2, -0.15) is 0 Å². The fraction of sp³-hybridized carbons (Fsp3) is 0.750. The van der Waals surface area contributed by atoms with Gasteiger partial charge in [0, 0.05) is 17.2 Å². The Morgan fingerprint density at radius 3 is 2.71 bits per heavy atom. The van der Waals surface area contributed by atoms with Crippen LogP contribution in [0, 0.1) is 0 Å². The second kappa shape index (κ2) is 5.51. The minimum absolute atomic E-state index is 0.0346. The lowest BCUT2D eigenvalue weighted by atomic mass is 9.90. The maximum atomic E-state index is 11.7. The normalized spacial score (nSPS) is 18.7. The van der Waals surface area contributed by atoms with Crippen molar-refractivity contribution < 1.29 is 0 Å². The van der Waals surface area contributed by atoms with Crippen LogP contribution in [0.15, 0.2) is 4.79 Å². The second-order valence-electron chi connectivity index (χ2n) is 4.94. The molecule has 0 unspecified atom stereocenters. The standard InChI is InChI=1S/C12H22N4O/c1-16-7-4-9(5-8-16)11-10(3-2-6-13)12(17)15-14-11/h9H,2-8,13H2,1H3,(H2,14,15,17). The number of rotatable bonds is 4. The molecular formula is C12H22N4O. The van der Waals surface area contributed by atoms with Crippen LogP contribution >= 0.6 is 0 Å². The molecule has 2 heterocycles. The van der Waals surface area contributed by atoms with Crippen molar-refractivity contribution in [3.8, 4) is 0 Å². The van der Waals surface area contributed by atoms with Gasteiger partial charge in [-0.25, -0.2) is 0 Å². The smallest absolute Gasteiger partial charge is 0.267 e. The fourth-order valence-corrected chi connectivity index (χ4v) is 2.57. The maximum Gasteiger partial charge on any atom is 0.267 e. The van der Waals surface area contributed by atoms with Crippen molar-refractivity contribution in [2.45, 2.75) is 31.6 Å². The zero-order valence-electron chi connectivity index (χ0n) is 10.5. The fourth-order valence-electron chi connectivity index (χ4n) is 2.57. The average molecular weight is 238 g/mol.